The van der Waals surface area contributed by atoms with E-state index >= 15 is 0 Å². The normalized spacial score (nSPS) is 10.7. The van der Waals surface area contributed by atoms with Crippen LogP contribution in [0.5, 0.6) is 0 Å². The molecule has 0 amide bonds. The van der Waals surface area contributed by atoms with Crippen LogP contribution in [0.2, 0.25) is 0 Å². The van der Waals surface area contributed by atoms with Gasteiger partial charge in [-0.1, -0.05) is 0 Å². The number of hydrogen-bond acceptors (Lipinski definition) is 2. The summed E-state index contributed by atoms with van der Waals surface area (Å²) in [5.74, 6) is 0.0199. The molecule has 0 saturated heterocycles. The van der Waals surface area contributed by atoms with Crippen molar-refractivity contribution < 1.29 is 4.79 Å². The Bertz CT molecular complexity index is 290. The molecule has 1 aromatic heterocycles. The molecule has 58 valence electrons. The molecule has 0 aliphatic heterocycles. The van der Waals surface area contributed by atoms with Gasteiger partial charge in [0.1, 0.15) is 0 Å². The first-order chi connectivity index (χ1) is 5.20. The van der Waals surface area contributed by atoms with Crippen molar-refractivity contribution in [2.45, 2.75) is 6.92 Å². The standard InChI is InChI=1S/C7H7BrN2O/c1-5(11)2-3-7-6(8)4-9-10-7/h2-4H,1H3,(H,9,10)/b3-2+. The molecule has 0 aliphatic rings. The highest BCUT2D eigenvalue weighted by atomic mass is 79.9. The molecule has 0 saturated carbocycles. The summed E-state index contributed by atoms with van der Waals surface area (Å²) in [5, 5.41) is 6.49. The molecule has 0 atom stereocenters. The molecule has 1 heterocycles. The van der Waals surface area contributed by atoms with Crippen molar-refractivity contribution in [1.29, 1.82) is 0 Å². The van der Waals surface area contributed by atoms with E-state index in [2.05, 4.69) is 26.1 Å². The summed E-state index contributed by atoms with van der Waals surface area (Å²) < 4.78 is 0.856. The molecule has 1 aromatic rings. The second-order valence-corrected chi connectivity index (χ2v) is 2.93. The number of halogens is 1. The van der Waals surface area contributed by atoms with E-state index in [4.69, 9.17) is 0 Å². The monoisotopic (exact) mass is 214 g/mol. The number of hydrogen-bond donors (Lipinski definition) is 1. The number of aromatic amines is 1. The summed E-state index contributed by atoms with van der Waals surface area (Å²) in [4.78, 5) is 10.5. The number of H-pyrrole nitrogens is 1. The Morgan fingerprint density at radius 1 is 1.82 bits per heavy atom. The van der Waals surface area contributed by atoms with E-state index in [1.807, 2.05) is 0 Å². The summed E-state index contributed by atoms with van der Waals surface area (Å²) in [5.41, 5.74) is 0.806. The molecule has 0 fully saturated rings. The third kappa shape index (κ3) is 2.31. The van der Waals surface area contributed by atoms with Gasteiger partial charge in [0.2, 0.25) is 0 Å². The number of allylic oxidation sites excluding steroid dienone is 1. The van der Waals surface area contributed by atoms with Crippen LogP contribution in [-0.2, 0) is 4.79 Å². The molecule has 3 nitrogen and oxygen atoms in total. The number of carbonyl (C=O) groups excluding carboxylic acids is 1. The maximum absolute atomic E-state index is 10.5. The largest absolute Gasteiger partial charge is 0.295 e. The van der Waals surface area contributed by atoms with E-state index in [1.54, 1.807) is 12.3 Å². The van der Waals surface area contributed by atoms with Crippen LogP contribution in [0.4, 0.5) is 0 Å². The molecular weight excluding hydrogens is 208 g/mol. The molecular formula is C7H7BrN2O. The Kier molecular flexibility index (Phi) is 2.59. The lowest BCUT2D eigenvalue weighted by Gasteiger charge is -1.84. The molecule has 0 aliphatic carbocycles. The van der Waals surface area contributed by atoms with E-state index in [9.17, 15) is 4.79 Å². The average Bonchev–Trinajstić information content (AvgIpc) is 2.31. The Balaban J connectivity index is 2.79. The van der Waals surface area contributed by atoms with Crippen LogP contribution < -0.4 is 0 Å². The maximum atomic E-state index is 10.5. The Hall–Kier alpha value is -0.900. The molecule has 0 bridgehead atoms. The van der Waals surface area contributed by atoms with Crippen LogP contribution in [0.15, 0.2) is 16.7 Å². The minimum absolute atomic E-state index is 0.0199. The second kappa shape index (κ2) is 3.48. The van der Waals surface area contributed by atoms with Crippen LogP contribution in [0.1, 0.15) is 12.6 Å². The van der Waals surface area contributed by atoms with E-state index in [1.165, 1.54) is 13.0 Å². The second-order valence-electron chi connectivity index (χ2n) is 2.08. The fourth-order valence-corrected chi connectivity index (χ4v) is 0.922. The average molecular weight is 215 g/mol. The molecule has 1 N–H and O–H groups in total. The summed E-state index contributed by atoms with van der Waals surface area (Å²) in [6, 6.07) is 0. The van der Waals surface area contributed by atoms with Crippen molar-refractivity contribution in [1.82, 2.24) is 10.2 Å². The highest BCUT2D eigenvalue weighted by Gasteiger charge is 1.95. The van der Waals surface area contributed by atoms with Crippen molar-refractivity contribution in [3.05, 3.63) is 22.4 Å². The van der Waals surface area contributed by atoms with Crippen LogP contribution in [0.3, 0.4) is 0 Å². The number of carbonyl (C=O) groups is 1. The summed E-state index contributed by atoms with van der Waals surface area (Å²) >= 11 is 3.26. The van der Waals surface area contributed by atoms with E-state index in [-0.39, 0.29) is 5.78 Å². The first-order valence-electron chi connectivity index (χ1n) is 3.07. The summed E-state index contributed by atoms with van der Waals surface area (Å²) in [6.45, 7) is 1.50. The minimum Gasteiger partial charge on any atom is -0.295 e. The van der Waals surface area contributed by atoms with E-state index in [0.717, 1.165) is 10.2 Å². The minimum atomic E-state index is 0.0199. The fraction of sp³-hybridized carbons (Fsp3) is 0.143. The lowest BCUT2D eigenvalue weighted by molar-refractivity contribution is -0.112. The van der Waals surface area contributed by atoms with Crippen molar-refractivity contribution in [3.63, 3.8) is 0 Å². The molecule has 1 rings (SSSR count). The number of rotatable bonds is 2. The summed E-state index contributed by atoms with van der Waals surface area (Å²) in [7, 11) is 0. The van der Waals surface area contributed by atoms with Gasteiger partial charge in [-0.15, -0.1) is 0 Å². The fourth-order valence-electron chi connectivity index (χ4n) is 0.599. The van der Waals surface area contributed by atoms with Crippen LogP contribution in [0.25, 0.3) is 6.08 Å². The smallest absolute Gasteiger partial charge is 0.152 e. The Labute approximate surface area is 72.6 Å². The number of nitrogens with one attached hydrogen (secondary N) is 1. The molecule has 0 radical (unpaired) electrons. The predicted molar refractivity (Wildman–Crippen MR) is 46.0 cm³/mol. The van der Waals surface area contributed by atoms with Gasteiger partial charge in [-0.3, -0.25) is 9.89 Å². The first kappa shape index (κ1) is 8.20. The highest BCUT2D eigenvalue weighted by molar-refractivity contribution is 9.10. The molecule has 4 heteroatoms. The van der Waals surface area contributed by atoms with Gasteiger partial charge in [0, 0.05) is 0 Å². The van der Waals surface area contributed by atoms with Gasteiger partial charge in [-0.2, -0.15) is 5.10 Å². The van der Waals surface area contributed by atoms with Gasteiger partial charge in [0.15, 0.2) is 5.78 Å². The predicted octanol–water partition coefficient (Wildman–Crippen LogP) is 1.77. The summed E-state index contributed by atoms with van der Waals surface area (Å²) in [6.07, 6.45) is 4.80. The van der Waals surface area contributed by atoms with Crippen LogP contribution in [0, 0.1) is 0 Å². The zero-order chi connectivity index (χ0) is 8.27. The Morgan fingerprint density at radius 3 is 3.00 bits per heavy atom. The van der Waals surface area contributed by atoms with E-state index in [0.29, 0.717) is 0 Å². The number of nitrogens with zero attached hydrogens (tertiary/aromatic N) is 1. The van der Waals surface area contributed by atoms with Crippen LogP contribution >= 0.6 is 15.9 Å². The molecule has 0 unspecified atom stereocenters. The van der Waals surface area contributed by atoms with Gasteiger partial charge in [0.05, 0.1) is 16.4 Å². The number of ketones is 1. The third-order valence-corrected chi connectivity index (χ3v) is 1.74. The zero-order valence-electron chi connectivity index (χ0n) is 5.97. The maximum Gasteiger partial charge on any atom is 0.152 e. The van der Waals surface area contributed by atoms with Gasteiger partial charge >= 0.3 is 0 Å². The van der Waals surface area contributed by atoms with E-state index < -0.39 is 0 Å². The zero-order valence-corrected chi connectivity index (χ0v) is 7.55. The topological polar surface area (TPSA) is 45.8 Å². The SMILES string of the molecule is CC(=O)/C=C/c1[nH]ncc1Br. The van der Waals surface area contributed by atoms with Crippen molar-refractivity contribution >= 4 is 27.8 Å². The van der Waals surface area contributed by atoms with Gasteiger partial charge in [0.25, 0.3) is 0 Å². The van der Waals surface area contributed by atoms with Gasteiger partial charge in [-0.25, -0.2) is 0 Å². The quantitative estimate of drug-likeness (QED) is 0.764. The molecule has 11 heavy (non-hydrogen) atoms. The molecule has 0 aromatic carbocycles. The van der Waals surface area contributed by atoms with Crippen molar-refractivity contribution in [2.24, 2.45) is 0 Å². The van der Waals surface area contributed by atoms with Gasteiger partial charge < -0.3 is 0 Å². The Morgan fingerprint density at radius 2 is 2.55 bits per heavy atom. The lowest BCUT2D eigenvalue weighted by atomic mass is 10.3. The van der Waals surface area contributed by atoms with Crippen molar-refractivity contribution in [2.75, 3.05) is 0 Å². The highest BCUT2D eigenvalue weighted by Crippen LogP contribution is 2.13. The van der Waals surface area contributed by atoms with Gasteiger partial charge in [-0.05, 0) is 35.0 Å². The number of aromatic nitrogens is 2. The molecule has 0 spiro atoms. The lowest BCUT2D eigenvalue weighted by Crippen LogP contribution is -1.80. The van der Waals surface area contributed by atoms with Crippen LogP contribution in [-0.4, -0.2) is 16.0 Å². The van der Waals surface area contributed by atoms with Crippen molar-refractivity contribution in [3.8, 4) is 0 Å². The first-order valence-corrected chi connectivity index (χ1v) is 3.87. The third-order valence-electron chi connectivity index (χ3n) is 1.10.